The van der Waals surface area contributed by atoms with Crippen LogP contribution in [0.4, 0.5) is 0 Å². The van der Waals surface area contributed by atoms with E-state index in [1.54, 1.807) is 6.08 Å². The molecule has 7 heteroatoms. The Morgan fingerprint density at radius 1 is 1.22 bits per heavy atom. The lowest BCUT2D eigenvalue weighted by molar-refractivity contribution is -0.123. The predicted octanol–water partition coefficient (Wildman–Crippen LogP) is 3.22. The Morgan fingerprint density at radius 3 is 2.66 bits per heavy atom. The first kappa shape index (κ1) is 24.1. The maximum Gasteiger partial charge on any atom is 0.261 e. The first-order valence-corrected chi connectivity index (χ1v) is 12.0. The van der Waals surface area contributed by atoms with Gasteiger partial charge in [0.25, 0.3) is 5.91 Å². The summed E-state index contributed by atoms with van der Waals surface area (Å²) in [5.41, 5.74) is 8.85. The molecule has 1 aromatic rings. The fourth-order valence-electron chi connectivity index (χ4n) is 5.24. The van der Waals surface area contributed by atoms with Crippen LogP contribution in [-0.2, 0) is 9.59 Å². The number of likely N-dealkylation sites (tertiary alicyclic amines) is 1. The highest BCUT2D eigenvalue weighted by Crippen LogP contribution is 2.32. The smallest absolute Gasteiger partial charge is 0.261 e. The van der Waals surface area contributed by atoms with E-state index in [4.69, 9.17) is 5.73 Å². The largest absolute Gasteiger partial charge is 0.369 e. The number of nitrogens with two attached hydrogens (primary N) is 1. The number of hydrogen-bond donors (Lipinski definition) is 2. The van der Waals surface area contributed by atoms with Crippen molar-refractivity contribution in [3.63, 3.8) is 0 Å². The standard InChI is InChI=1S/C25H37N5O2/c1-18-14-21(19(2)30(18)23-9-4-3-5-10-23)15-22(16-26)25(32)28-11-7-13-29-12-6-8-20(17-29)24(27)31/h14-15,20,23H,3-13,17H2,1-2H3,(H2,27,31)(H,28,32)/b22-15-. The van der Waals surface area contributed by atoms with E-state index < -0.39 is 0 Å². The van der Waals surface area contributed by atoms with Gasteiger partial charge in [-0.3, -0.25) is 9.59 Å². The van der Waals surface area contributed by atoms with Crippen LogP contribution in [0.15, 0.2) is 11.6 Å². The number of nitrogens with zero attached hydrogens (tertiary/aromatic N) is 3. The molecule has 3 rings (SSSR count). The highest BCUT2D eigenvalue weighted by molar-refractivity contribution is 6.01. The van der Waals surface area contributed by atoms with E-state index in [0.29, 0.717) is 19.1 Å². The van der Waals surface area contributed by atoms with Crippen LogP contribution in [0.1, 0.15) is 74.4 Å². The Labute approximate surface area is 191 Å². The maximum absolute atomic E-state index is 12.6. The number of rotatable bonds is 8. The van der Waals surface area contributed by atoms with Crippen LogP contribution in [0.5, 0.6) is 0 Å². The highest BCUT2D eigenvalue weighted by Gasteiger charge is 2.23. The van der Waals surface area contributed by atoms with Gasteiger partial charge in [-0.05, 0) is 76.7 Å². The maximum atomic E-state index is 12.6. The second-order valence-electron chi connectivity index (χ2n) is 9.31. The molecular formula is C25H37N5O2. The second kappa shape index (κ2) is 11.3. The van der Waals surface area contributed by atoms with Crippen molar-refractivity contribution in [2.24, 2.45) is 11.7 Å². The number of primary amides is 1. The molecule has 1 aliphatic carbocycles. The molecule has 2 heterocycles. The average molecular weight is 440 g/mol. The number of carbonyl (C=O) groups is 2. The molecule has 0 aromatic carbocycles. The van der Waals surface area contributed by atoms with E-state index >= 15 is 0 Å². The minimum atomic E-state index is -0.330. The number of nitrogens with one attached hydrogen (secondary N) is 1. The van der Waals surface area contributed by atoms with E-state index in [1.807, 2.05) is 0 Å². The van der Waals surface area contributed by atoms with E-state index in [0.717, 1.165) is 43.6 Å². The van der Waals surface area contributed by atoms with Crippen LogP contribution in [-0.4, -0.2) is 47.5 Å². The molecule has 1 atom stereocenters. The molecule has 2 aliphatic rings. The second-order valence-corrected chi connectivity index (χ2v) is 9.31. The van der Waals surface area contributed by atoms with Crippen LogP contribution < -0.4 is 11.1 Å². The van der Waals surface area contributed by atoms with E-state index in [-0.39, 0.29) is 23.3 Å². The lowest BCUT2D eigenvalue weighted by Crippen LogP contribution is -2.42. The van der Waals surface area contributed by atoms with Crippen LogP contribution >= 0.6 is 0 Å². The molecule has 0 radical (unpaired) electrons. The molecule has 1 saturated carbocycles. The molecule has 0 bridgehead atoms. The third-order valence-corrected chi connectivity index (χ3v) is 6.97. The summed E-state index contributed by atoms with van der Waals surface area (Å²) in [6.07, 6.45) is 10.6. The molecule has 1 aliphatic heterocycles. The topological polar surface area (TPSA) is 104 Å². The van der Waals surface area contributed by atoms with Gasteiger partial charge in [0.05, 0.1) is 5.92 Å². The third-order valence-electron chi connectivity index (χ3n) is 6.97. The van der Waals surface area contributed by atoms with Gasteiger partial charge < -0.3 is 20.5 Å². The lowest BCUT2D eigenvalue weighted by atomic mass is 9.95. The van der Waals surface area contributed by atoms with Gasteiger partial charge in [0.1, 0.15) is 11.6 Å². The number of amides is 2. The average Bonchev–Trinajstić information content (AvgIpc) is 3.08. The molecule has 3 N–H and O–H groups in total. The van der Waals surface area contributed by atoms with Gasteiger partial charge in [0.15, 0.2) is 0 Å². The minimum absolute atomic E-state index is 0.0703. The summed E-state index contributed by atoms with van der Waals surface area (Å²) < 4.78 is 2.38. The van der Waals surface area contributed by atoms with E-state index in [1.165, 1.54) is 37.8 Å². The molecule has 32 heavy (non-hydrogen) atoms. The number of aromatic nitrogens is 1. The summed E-state index contributed by atoms with van der Waals surface area (Å²) >= 11 is 0. The summed E-state index contributed by atoms with van der Waals surface area (Å²) in [6, 6.07) is 4.68. The number of nitriles is 1. The van der Waals surface area contributed by atoms with Crippen LogP contribution in [0.3, 0.4) is 0 Å². The lowest BCUT2D eigenvalue weighted by Gasteiger charge is -2.31. The van der Waals surface area contributed by atoms with E-state index in [9.17, 15) is 14.9 Å². The quantitative estimate of drug-likeness (QED) is 0.369. The van der Waals surface area contributed by atoms with Gasteiger partial charge in [-0.25, -0.2) is 0 Å². The molecule has 174 valence electrons. The van der Waals surface area contributed by atoms with Crippen molar-refractivity contribution in [1.82, 2.24) is 14.8 Å². The zero-order valence-electron chi connectivity index (χ0n) is 19.5. The van der Waals surface area contributed by atoms with Gasteiger partial charge >= 0.3 is 0 Å². The van der Waals surface area contributed by atoms with Crippen LogP contribution in [0, 0.1) is 31.1 Å². The number of piperidine rings is 1. The Bertz CT molecular complexity index is 889. The normalized spacial score (nSPS) is 20.7. The summed E-state index contributed by atoms with van der Waals surface area (Å²) in [4.78, 5) is 26.2. The van der Waals surface area contributed by atoms with Gasteiger partial charge in [-0.15, -0.1) is 0 Å². The number of carbonyl (C=O) groups excluding carboxylic acids is 2. The van der Waals surface area contributed by atoms with Crippen molar-refractivity contribution >= 4 is 17.9 Å². The van der Waals surface area contributed by atoms with Crippen molar-refractivity contribution in [2.45, 2.75) is 71.3 Å². The van der Waals surface area contributed by atoms with Crippen molar-refractivity contribution < 1.29 is 9.59 Å². The first-order chi connectivity index (χ1) is 15.4. The SMILES string of the molecule is Cc1cc(/C=C(/C#N)C(=O)NCCCN2CCCC(C(N)=O)C2)c(C)n1C1CCCCC1. The summed E-state index contributed by atoms with van der Waals surface area (Å²) in [6.45, 7) is 7.14. The van der Waals surface area contributed by atoms with Crippen LogP contribution in [0.2, 0.25) is 0 Å². The Kier molecular flexibility index (Phi) is 8.52. The van der Waals surface area contributed by atoms with Gasteiger partial charge in [0.2, 0.25) is 5.91 Å². The predicted molar refractivity (Wildman–Crippen MR) is 126 cm³/mol. The van der Waals surface area contributed by atoms with Crippen molar-refractivity contribution in [3.05, 3.63) is 28.6 Å². The van der Waals surface area contributed by atoms with Crippen molar-refractivity contribution in [3.8, 4) is 6.07 Å². The third kappa shape index (κ3) is 6.01. The molecule has 0 spiro atoms. The minimum Gasteiger partial charge on any atom is -0.369 e. The molecule has 2 amide bonds. The Balaban J connectivity index is 1.54. The molecule has 1 aromatic heterocycles. The van der Waals surface area contributed by atoms with Gasteiger partial charge in [-0.2, -0.15) is 5.26 Å². The molecule has 2 fully saturated rings. The first-order valence-electron chi connectivity index (χ1n) is 12.0. The zero-order chi connectivity index (χ0) is 23.1. The summed E-state index contributed by atoms with van der Waals surface area (Å²) in [5, 5.41) is 12.5. The van der Waals surface area contributed by atoms with Crippen molar-refractivity contribution in [2.75, 3.05) is 26.2 Å². The molecule has 1 unspecified atom stereocenters. The highest BCUT2D eigenvalue weighted by atomic mass is 16.2. The summed E-state index contributed by atoms with van der Waals surface area (Å²) in [5.74, 6) is -0.627. The molecule has 7 nitrogen and oxygen atoms in total. The molecule has 1 saturated heterocycles. The number of hydrogen-bond acceptors (Lipinski definition) is 4. The van der Waals surface area contributed by atoms with Crippen molar-refractivity contribution in [1.29, 1.82) is 5.26 Å². The molecular weight excluding hydrogens is 402 g/mol. The fourth-order valence-corrected chi connectivity index (χ4v) is 5.24. The van der Waals surface area contributed by atoms with Gasteiger partial charge in [-0.1, -0.05) is 19.3 Å². The van der Waals surface area contributed by atoms with Gasteiger partial charge in [0, 0.05) is 30.5 Å². The Morgan fingerprint density at radius 2 is 1.97 bits per heavy atom. The van der Waals surface area contributed by atoms with Crippen LogP contribution in [0.25, 0.3) is 6.08 Å². The Hall–Kier alpha value is -2.59. The monoisotopic (exact) mass is 439 g/mol. The zero-order valence-corrected chi connectivity index (χ0v) is 19.5. The number of aryl methyl sites for hydroxylation is 1. The fraction of sp³-hybridized carbons (Fsp3) is 0.640. The van der Waals surface area contributed by atoms with E-state index in [2.05, 4.69) is 40.8 Å². The summed E-state index contributed by atoms with van der Waals surface area (Å²) in [7, 11) is 0.